The van der Waals surface area contributed by atoms with E-state index in [1.807, 2.05) is 21.8 Å². The van der Waals surface area contributed by atoms with Crippen LogP contribution in [0.25, 0.3) is 5.69 Å². The molecule has 0 radical (unpaired) electrons. The number of ether oxygens (including phenoxy) is 1. The summed E-state index contributed by atoms with van der Waals surface area (Å²) in [5.74, 6) is 0.0794. The second-order valence-electron chi connectivity index (χ2n) is 5.71. The van der Waals surface area contributed by atoms with Gasteiger partial charge in [-0.2, -0.15) is 5.10 Å². The molecule has 1 aliphatic heterocycles. The first-order valence-corrected chi connectivity index (χ1v) is 7.84. The maximum absolute atomic E-state index is 11.8. The SMILES string of the molecule is COCC(=O)N1CCN(Cc2ccc(-n3cccn3)cc2)CC1. The molecule has 3 rings (SSSR count). The maximum Gasteiger partial charge on any atom is 0.248 e. The first-order valence-electron chi connectivity index (χ1n) is 7.84. The molecule has 0 unspecified atom stereocenters. The summed E-state index contributed by atoms with van der Waals surface area (Å²) in [5.41, 5.74) is 2.34. The van der Waals surface area contributed by atoms with Crippen LogP contribution in [-0.2, 0) is 16.1 Å². The molecule has 122 valence electrons. The third-order valence-electron chi connectivity index (χ3n) is 4.10. The van der Waals surface area contributed by atoms with Crippen LogP contribution in [0.4, 0.5) is 0 Å². The van der Waals surface area contributed by atoms with E-state index in [1.54, 1.807) is 13.3 Å². The third-order valence-corrected chi connectivity index (χ3v) is 4.10. The van der Waals surface area contributed by atoms with Crippen molar-refractivity contribution >= 4 is 5.91 Å². The number of hydrogen-bond acceptors (Lipinski definition) is 4. The molecule has 1 amide bonds. The molecule has 2 aromatic rings. The lowest BCUT2D eigenvalue weighted by molar-refractivity contribution is -0.136. The molecule has 0 N–H and O–H groups in total. The molecule has 0 bridgehead atoms. The first-order chi connectivity index (χ1) is 11.3. The second kappa shape index (κ2) is 7.39. The molecular weight excluding hydrogens is 292 g/mol. The minimum absolute atomic E-state index is 0.0794. The lowest BCUT2D eigenvalue weighted by atomic mass is 10.2. The number of rotatable bonds is 5. The largest absolute Gasteiger partial charge is 0.375 e. The minimum atomic E-state index is 0.0794. The summed E-state index contributed by atoms with van der Waals surface area (Å²) in [7, 11) is 1.56. The Hall–Kier alpha value is -2.18. The van der Waals surface area contributed by atoms with Crippen LogP contribution < -0.4 is 0 Å². The van der Waals surface area contributed by atoms with E-state index in [0.717, 1.165) is 38.4 Å². The summed E-state index contributed by atoms with van der Waals surface area (Å²) in [5, 5.41) is 4.23. The number of hydrogen-bond donors (Lipinski definition) is 0. The van der Waals surface area contributed by atoms with E-state index in [1.165, 1.54) is 5.56 Å². The Kier molecular flexibility index (Phi) is 5.05. The summed E-state index contributed by atoms with van der Waals surface area (Å²) in [6, 6.07) is 10.4. The molecule has 6 heteroatoms. The predicted molar refractivity (Wildman–Crippen MR) is 87.3 cm³/mol. The number of carbonyl (C=O) groups is 1. The van der Waals surface area contributed by atoms with Gasteiger partial charge in [-0.1, -0.05) is 12.1 Å². The van der Waals surface area contributed by atoms with Gasteiger partial charge in [-0.05, 0) is 23.8 Å². The molecule has 1 aromatic carbocycles. The van der Waals surface area contributed by atoms with Crippen LogP contribution in [0.3, 0.4) is 0 Å². The van der Waals surface area contributed by atoms with Gasteiger partial charge in [0.2, 0.25) is 5.91 Å². The van der Waals surface area contributed by atoms with Crippen LogP contribution in [0.5, 0.6) is 0 Å². The van der Waals surface area contributed by atoms with Crippen molar-refractivity contribution < 1.29 is 9.53 Å². The quantitative estimate of drug-likeness (QED) is 0.831. The normalized spacial score (nSPS) is 15.8. The third kappa shape index (κ3) is 3.97. The second-order valence-corrected chi connectivity index (χ2v) is 5.71. The fourth-order valence-corrected chi connectivity index (χ4v) is 2.80. The number of carbonyl (C=O) groups excluding carboxylic acids is 1. The number of piperazine rings is 1. The van der Waals surface area contributed by atoms with Crippen molar-refractivity contribution in [2.45, 2.75) is 6.54 Å². The van der Waals surface area contributed by atoms with Crippen LogP contribution in [-0.4, -0.2) is 65.4 Å². The van der Waals surface area contributed by atoms with Gasteiger partial charge in [0.05, 0.1) is 5.69 Å². The number of amides is 1. The van der Waals surface area contributed by atoms with Crippen molar-refractivity contribution in [2.24, 2.45) is 0 Å². The molecule has 0 atom stereocenters. The van der Waals surface area contributed by atoms with E-state index in [0.29, 0.717) is 0 Å². The molecule has 2 heterocycles. The van der Waals surface area contributed by atoms with Crippen LogP contribution in [0.15, 0.2) is 42.7 Å². The summed E-state index contributed by atoms with van der Waals surface area (Å²) in [6.45, 7) is 4.43. The van der Waals surface area contributed by atoms with Gasteiger partial charge in [0, 0.05) is 52.2 Å². The van der Waals surface area contributed by atoms with Crippen molar-refractivity contribution in [2.75, 3.05) is 39.9 Å². The molecule has 23 heavy (non-hydrogen) atoms. The molecule has 0 aliphatic carbocycles. The Morgan fingerprint density at radius 1 is 1.17 bits per heavy atom. The van der Waals surface area contributed by atoms with E-state index in [-0.39, 0.29) is 12.5 Å². The highest BCUT2D eigenvalue weighted by molar-refractivity contribution is 5.77. The fourth-order valence-electron chi connectivity index (χ4n) is 2.80. The minimum Gasteiger partial charge on any atom is -0.375 e. The summed E-state index contributed by atoms with van der Waals surface area (Å²) < 4.78 is 6.76. The van der Waals surface area contributed by atoms with Crippen molar-refractivity contribution in [3.05, 3.63) is 48.3 Å². The predicted octanol–water partition coefficient (Wildman–Crippen LogP) is 1.16. The molecule has 6 nitrogen and oxygen atoms in total. The topological polar surface area (TPSA) is 50.6 Å². The van der Waals surface area contributed by atoms with Gasteiger partial charge < -0.3 is 9.64 Å². The Labute approximate surface area is 136 Å². The van der Waals surface area contributed by atoms with Gasteiger partial charge in [-0.3, -0.25) is 9.69 Å². The highest BCUT2D eigenvalue weighted by atomic mass is 16.5. The molecule has 1 fully saturated rings. The van der Waals surface area contributed by atoms with Gasteiger partial charge in [0.25, 0.3) is 0 Å². The summed E-state index contributed by atoms with van der Waals surface area (Å²) in [4.78, 5) is 16.0. The van der Waals surface area contributed by atoms with Crippen LogP contribution >= 0.6 is 0 Å². The van der Waals surface area contributed by atoms with Crippen molar-refractivity contribution in [3.63, 3.8) is 0 Å². The van der Waals surface area contributed by atoms with E-state index >= 15 is 0 Å². The Morgan fingerprint density at radius 2 is 1.91 bits per heavy atom. The molecule has 1 aliphatic rings. The smallest absolute Gasteiger partial charge is 0.248 e. The Bertz CT molecular complexity index is 617. The van der Waals surface area contributed by atoms with Crippen molar-refractivity contribution in [1.82, 2.24) is 19.6 Å². The number of nitrogens with zero attached hydrogens (tertiary/aromatic N) is 4. The Morgan fingerprint density at radius 3 is 2.52 bits per heavy atom. The van der Waals surface area contributed by atoms with Gasteiger partial charge in [-0.25, -0.2) is 4.68 Å². The zero-order valence-electron chi connectivity index (χ0n) is 13.4. The van der Waals surface area contributed by atoms with E-state index in [9.17, 15) is 4.79 Å². The fraction of sp³-hybridized carbons (Fsp3) is 0.412. The highest BCUT2D eigenvalue weighted by Crippen LogP contribution is 2.12. The molecule has 0 spiro atoms. The van der Waals surface area contributed by atoms with Crippen LogP contribution in [0.2, 0.25) is 0 Å². The zero-order chi connectivity index (χ0) is 16.1. The number of methoxy groups -OCH3 is 1. The lowest BCUT2D eigenvalue weighted by Crippen LogP contribution is -2.49. The van der Waals surface area contributed by atoms with Gasteiger partial charge in [0.1, 0.15) is 6.61 Å². The summed E-state index contributed by atoms with van der Waals surface area (Å²) in [6.07, 6.45) is 3.71. The Balaban J connectivity index is 1.52. The van der Waals surface area contributed by atoms with Crippen molar-refractivity contribution in [1.29, 1.82) is 0 Å². The van der Waals surface area contributed by atoms with E-state index < -0.39 is 0 Å². The van der Waals surface area contributed by atoms with Crippen LogP contribution in [0.1, 0.15) is 5.56 Å². The molecule has 1 saturated heterocycles. The molecular formula is C17H22N4O2. The van der Waals surface area contributed by atoms with E-state index in [2.05, 4.69) is 34.3 Å². The average Bonchev–Trinajstić information content (AvgIpc) is 3.11. The highest BCUT2D eigenvalue weighted by Gasteiger charge is 2.20. The van der Waals surface area contributed by atoms with Gasteiger partial charge in [-0.15, -0.1) is 0 Å². The van der Waals surface area contributed by atoms with Gasteiger partial charge in [0.15, 0.2) is 0 Å². The van der Waals surface area contributed by atoms with Crippen LogP contribution in [0, 0.1) is 0 Å². The first kappa shape index (κ1) is 15.7. The maximum atomic E-state index is 11.8. The number of aromatic nitrogens is 2. The summed E-state index contributed by atoms with van der Waals surface area (Å²) >= 11 is 0. The number of benzene rings is 1. The standard InChI is InChI=1S/C17H22N4O2/c1-23-14-17(22)20-11-9-19(10-12-20)13-15-3-5-16(6-4-15)21-8-2-7-18-21/h2-8H,9-14H2,1H3. The monoisotopic (exact) mass is 314 g/mol. The van der Waals surface area contributed by atoms with Crippen molar-refractivity contribution in [3.8, 4) is 5.69 Å². The lowest BCUT2D eigenvalue weighted by Gasteiger charge is -2.34. The van der Waals surface area contributed by atoms with E-state index in [4.69, 9.17) is 4.74 Å². The molecule has 1 aromatic heterocycles. The average molecular weight is 314 g/mol. The van der Waals surface area contributed by atoms with Gasteiger partial charge >= 0.3 is 0 Å². The molecule has 0 saturated carbocycles. The zero-order valence-corrected chi connectivity index (χ0v) is 13.4.